The van der Waals surface area contributed by atoms with Gasteiger partial charge >= 0.3 is 0 Å². The van der Waals surface area contributed by atoms with Crippen LogP contribution in [0.25, 0.3) is 0 Å². The number of halogens is 1. The predicted octanol–water partition coefficient (Wildman–Crippen LogP) is 3.89. The van der Waals surface area contributed by atoms with Crippen molar-refractivity contribution >= 4 is 24.0 Å². The van der Waals surface area contributed by atoms with Crippen LogP contribution in [0.2, 0.25) is 0 Å². The Hall–Kier alpha value is -2.00. The average Bonchev–Trinajstić information content (AvgIpc) is 2.56. The molecule has 3 N–H and O–H groups in total. The van der Waals surface area contributed by atoms with Crippen LogP contribution in [0.3, 0.4) is 0 Å². The number of anilines is 1. The van der Waals surface area contributed by atoms with Crippen molar-refractivity contribution in [3.8, 4) is 0 Å². The molecule has 0 fully saturated rings. The highest BCUT2D eigenvalue weighted by atomic mass is 35.5. The molecular weight excluding hydrogens is 320 g/mol. The summed E-state index contributed by atoms with van der Waals surface area (Å²) in [7, 11) is 0. The summed E-state index contributed by atoms with van der Waals surface area (Å²) in [6.45, 7) is 6.68. The third-order valence-corrected chi connectivity index (χ3v) is 4.33. The summed E-state index contributed by atoms with van der Waals surface area (Å²) < 4.78 is 0. The van der Waals surface area contributed by atoms with Gasteiger partial charge in [-0.3, -0.25) is 4.79 Å². The van der Waals surface area contributed by atoms with E-state index in [-0.39, 0.29) is 18.3 Å². The van der Waals surface area contributed by atoms with Gasteiger partial charge < -0.3 is 11.1 Å². The summed E-state index contributed by atoms with van der Waals surface area (Å²) in [4.78, 5) is 12.5. The van der Waals surface area contributed by atoms with Crippen molar-refractivity contribution in [2.45, 2.75) is 39.0 Å². The highest BCUT2D eigenvalue weighted by Gasteiger charge is 2.29. The van der Waals surface area contributed by atoms with Crippen molar-refractivity contribution < 1.29 is 4.79 Å². The van der Waals surface area contributed by atoms with E-state index in [1.54, 1.807) is 0 Å². The first-order valence-corrected chi connectivity index (χ1v) is 8.15. The van der Waals surface area contributed by atoms with E-state index in [4.69, 9.17) is 5.73 Å². The lowest BCUT2D eigenvalue weighted by Crippen LogP contribution is -2.40. The average molecular weight is 347 g/mol. The lowest BCUT2D eigenvalue weighted by molar-refractivity contribution is -0.125. The molecule has 0 aliphatic rings. The highest BCUT2D eigenvalue weighted by molar-refractivity contribution is 5.87. The molecule has 0 atom stereocenters. The third kappa shape index (κ3) is 5.00. The molecule has 0 saturated heterocycles. The Kier molecular flexibility index (Phi) is 7.30. The fourth-order valence-electron chi connectivity index (χ4n) is 2.51. The van der Waals surface area contributed by atoms with Gasteiger partial charge in [0.15, 0.2) is 0 Å². The minimum absolute atomic E-state index is 0. The van der Waals surface area contributed by atoms with Crippen LogP contribution < -0.4 is 11.1 Å². The van der Waals surface area contributed by atoms with Crippen LogP contribution in [0.15, 0.2) is 48.5 Å². The first-order valence-electron chi connectivity index (χ1n) is 8.15. The molecule has 130 valence electrons. The Bertz CT molecular complexity index is 648. The Morgan fingerprint density at radius 2 is 1.54 bits per heavy atom. The van der Waals surface area contributed by atoms with Crippen molar-refractivity contribution in [1.29, 1.82) is 0 Å². The van der Waals surface area contributed by atoms with Gasteiger partial charge in [0.2, 0.25) is 5.91 Å². The van der Waals surface area contributed by atoms with Crippen LogP contribution in [-0.2, 0) is 23.1 Å². The van der Waals surface area contributed by atoms with Gasteiger partial charge in [-0.25, -0.2) is 0 Å². The molecule has 0 spiro atoms. The number of carbonyl (C=O) groups is 1. The Balaban J connectivity index is 0.00000288. The lowest BCUT2D eigenvalue weighted by Gasteiger charge is -2.24. The van der Waals surface area contributed by atoms with Crippen molar-refractivity contribution in [3.05, 3.63) is 65.2 Å². The first-order chi connectivity index (χ1) is 10.9. The zero-order valence-electron chi connectivity index (χ0n) is 14.6. The first kappa shape index (κ1) is 20.0. The fourth-order valence-corrected chi connectivity index (χ4v) is 2.51. The van der Waals surface area contributed by atoms with Crippen LogP contribution >= 0.6 is 12.4 Å². The van der Waals surface area contributed by atoms with Crippen molar-refractivity contribution in [2.75, 3.05) is 12.3 Å². The van der Waals surface area contributed by atoms with E-state index < -0.39 is 5.41 Å². The molecule has 2 rings (SSSR count). The monoisotopic (exact) mass is 346 g/mol. The minimum Gasteiger partial charge on any atom is -0.399 e. The zero-order chi connectivity index (χ0) is 16.9. The van der Waals surface area contributed by atoms with Gasteiger partial charge in [0.05, 0.1) is 5.41 Å². The highest BCUT2D eigenvalue weighted by Crippen LogP contribution is 2.24. The van der Waals surface area contributed by atoms with Gasteiger partial charge in [-0.05, 0) is 55.5 Å². The van der Waals surface area contributed by atoms with Crippen LogP contribution in [0.4, 0.5) is 5.69 Å². The van der Waals surface area contributed by atoms with Gasteiger partial charge in [0.1, 0.15) is 0 Å². The Labute approximate surface area is 151 Å². The number of nitrogens with one attached hydrogen (secondary N) is 1. The summed E-state index contributed by atoms with van der Waals surface area (Å²) >= 11 is 0. The number of hydrogen-bond donors (Lipinski definition) is 2. The molecule has 1 amide bonds. The topological polar surface area (TPSA) is 55.1 Å². The molecule has 0 saturated carbocycles. The maximum absolute atomic E-state index is 12.5. The molecule has 0 bridgehead atoms. The van der Waals surface area contributed by atoms with E-state index in [9.17, 15) is 4.79 Å². The number of nitrogens with two attached hydrogens (primary N) is 1. The molecule has 2 aromatic carbocycles. The van der Waals surface area contributed by atoms with Gasteiger partial charge in [-0.2, -0.15) is 0 Å². The SMILES string of the molecule is CCc1ccc(C(C)(C)C(=O)NCCc2ccc(N)cc2)cc1.Cl. The normalized spacial score (nSPS) is 10.8. The van der Waals surface area contributed by atoms with Gasteiger partial charge in [-0.1, -0.05) is 43.3 Å². The van der Waals surface area contributed by atoms with Crippen molar-refractivity contribution in [1.82, 2.24) is 5.32 Å². The Morgan fingerprint density at radius 1 is 1.00 bits per heavy atom. The second-order valence-corrected chi connectivity index (χ2v) is 6.42. The maximum atomic E-state index is 12.5. The molecule has 4 heteroatoms. The van der Waals surface area contributed by atoms with E-state index in [1.807, 2.05) is 38.1 Å². The second kappa shape index (κ2) is 8.74. The molecular formula is C20H27ClN2O. The smallest absolute Gasteiger partial charge is 0.230 e. The van der Waals surface area contributed by atoms with Crippen molar-refractivity contribution in [2.24, 2.45) is 0 Å². The summed E-state index contributed by atoms with van der Waals surface area (Å²) in [5.41, 5.74) is 9.40. The predicted molar refractivity (Wildman–Crippen MR) is 104 cm³/mol. The molecule has 0 heterocycles. The van der Waals surface area contributed by atoms with E-state index in [0.29, 0.717) is 6.54 Å². The van der Waals surface area contributed by atoms with E-state index in [0.717, 1.165) is 24.1 Å². The standard InChI is InChI=1S/C20H26N2O.ClH/c1-4-15-5-9-17(10-6-15)20(2,3)19(23)22-14-13-16-7-11-18(21)12-8-16;/h5-12H,4,13-14,21H2,1-3H3,(H,22,23);1H. The molecule has 0 unspecified atom stereocenters. The second-order valence-electron chi connectivity index (χ2n) is 6.42. The number of rotatable bonds is 6. The third-order valence-electron chi connectivity index (χ3n) is 4.33. The van der Waals surface area contributed by atoms with Gasteiger partial charge in [0, 0.05) is 12.2 Å². The summed E-state index contributed by atoms with van der Waals surface area (Å²) in [5, 5.41) is 3.04. The van der Waals surface area contributed by atoms with Crippen LogP contribution in [0.1, 0.15) is 37.5 Å². The van der Waals surface area contributed by atoms with Gasteiger partial charge in [0.25, 0.3) is 0 Å². The quantitative estimate of drug-likeness (QED) is 0.779. The minimum atomic E-state index is -0.534. The molecule has 2 aromatic rings. The number of amides is 1. The summed E-state index contributed by atoms with van der Waals surface area (Å²) in [5.74, 6) is 0.0530. The van der Waals surface area contributed by atoms with Crippen LogP contribution in [0, 0.1) is 0 Å². The number of benzene rings is 2. The van der Waals surface area contributed by atoms with Crippen molar-refractivity contribution in [3.63, 3.8) is 0 Å². The van der Waals surface area contributed by atoms with E-state index in [1.165, 1.54) is 11.1 Å². The zero-order valence-corrected chi connectivity index (χ0v) is 15.5. The molecule has 0 radical (unpaired) electrons. The number of hydrogen-bond acceptors (Lipinski definition) is 2. The molecule has 0 aliphatic heterocycles. The largest absolute Gasteiger partial charge is 0.399 e. The van der Waals surface area contributed by atoms with Gasteiger partial charge in [-0.15, -0.1) is 12.4 Å². The van der Waals surface area contributed by atoms with E-state index >= 15 is 0 Å². The van der Waals surface area contributed by atoms with Crippen LogP contribution in [0.5, 0.6) is 0 Å². The lowest BCUT2D eigenvalue weighted by atomic mass is 9.83. The molecule has 3 nitrogen and oxygen atoms in total. The Morgan fingerprint density at radius 3 is 2.08 bits per heavy atom. The molecule has 0 aromatic heterocycles. The molecule has 24 heavy (non-hydrogen) atoms. The fraction of sp³-hybridized carbons (Fsp3) is 0.350. The number of carbonyl (C=O) groups excluding carboxylic acids is 1. The number of aryl methyl sites for hydroxylation is 1. The summed E-state index contributed by atoms with van der Waals surface area (Å²) in [6, 6.07) is 16.1. The van der Waals surface area contributed by atoms with E-state index in [2.05, 4.69) is 36.5 Å². The summed E-state index contributed by atoms with van der Waals surface area (Å²) in [6.07, 6.45) is 1.81. The number of nitrogen functional groups attached to an aromatic ring is 1. The maximum Gasteiger partial charge on any atom is 0.230 e. The molecule has 0 aliphatic carbocycles. The van der Waals surface area contributed by atoms with Crippen LogP contribution in [-0.4, -0.2) is 12.5 Å².